The highest BCUT2D eigenvalue weighted by Gasteiger charge is 2.06. The standard InChI is InChI=1S/C4H5Br2N/c1-3(5)4(6)2-7/h3-4H,1H3/t3-,4-/m1/s1. The molecule has 7 heavy (non-hydrogen) atoms. The van der Waals surface area contributed by atoms with Crippen LogP contribution in [0.15, 0.2) is 0 Å². The maximum atomic E-state index is 8.18. The van der Waals surface area contributed by atoms with Crippen molar-refractivity contribution in [3.63, 3.8) is 0 Å². The van der Waals surface area contributed by atoms with E-state index in [4.69, 9.17) is 5.26 Å². The van der Waals surface area contributed by atoms with Crippen molar-refractivity contribution in [2.24, 2.45) is 0 Å². The Hall–Kier alpha value is 0.450. The summed E-state index contributed by atoms with van der Waals surface area (Å²) in [5.74, 6) is 0. The molecule has 0 amide bonds. The normalized spacial score (nSPS) is 17.4. The molecule has 0 saturated heterocycles. The van der Waals surface area contributed by atoms with Crippen molar-refractivity contribution in [1.82, 2.24) is 0 Å². The molecule has 1 nitrogen and oxygen atoms in total. The van der Waals surface area contributed by atoms with E-state index in [0.29, 0.717) is 0 Å². The van der Waals surface area contributed by atoms with Gasteiger partial charge in [-0.05, 0) is 0 Å². The van der Waals surface area contributed by atoms with Crippen LogP contribution in [-0.2, 0) is 0 Å². The molecular weight excluding hydrogens is 222 g/mol. The quantitative estimate of drug-likeness (QED) is 0.628. The lowest BCUT2D eigenvalue weighted by Crippen LogP contribution is -2.04. The number of nitrogens with zero attached hydrogens (tertiary/aromatic N) is 1. The number of hydrogen-bond acceptors (Lipinski definition) is 1. The van der Waals surface area contributed by atoms with Crippen molar-refractivity contribution in [3.8, 4) is 6.07 Å². The second-order valence-corrected chi connectivity index (χ2v) is 3.64. The molecule has 0 aromatic heterocycles. The SMILES string of the molecule is C[C@@H](Br)[C@H](Br)C#N. The van der Waals surface area contributed by atoms with Gasteiger partial charge in [-0.1, -0.05) is 38.8 Å². The highest BCUT2D eigenvalue weighted by atomic mass is 79.9. The van der Waals surface area contributed by atoms with Gasteiger partial charge in [0.25, 0.3) is 0 Å². The van der Waals surface area contributed by atoms with Gasteiger partial charge in [-0.3, -0.25) is 0 Å². The molecule has 0 N–H and O–H groups in total. The van der Waals surface area contributed by atoms with Crippen LogP contribution in [0.5, 0.6) is 0 Å². The van der Waals surface area contributed by atoms with E-state index in [0.717, 1.165) is 0 Å². The molecule has 0 saturated carbocycles. The molecule has 0 aliphatic rings. The highest BCUT2D eigenvalue weighted by Crippen LogP contribution is 2.11. The zero-order chi connectivity index (χ0) is 5.86. The summed E-state index contributed by atoms with van der Waals surface area (Å²) in [6.45, 7) is 1.92. The first kappa shape index (κ1) is 7.45. The van der Waals surface area contributed by atoms with Crippen LogP contribution in [0.4, 0.5) is 0 Å². The molecule has 3 heteroatoms. The second-order valence-electron chi connectivity index (χ2n) is 1.21. The topological polar surface area (TPSA) is 23.8 Å². The third-order valence-corrected chi connectivity index (χ3v) is 2.76. The molecule has 0 aromatic carbocycles. The Kier molecular flexibility index (Phi) is 3.67. The lowest BCUT2D eigenvalue weighted by atomic mass is 10.4. The van der Waals surface area contributed by atoms with Crippen molar-refractivity contribution < 1.29 is 0 Å². The Morgan fingerprint density at radius 1 is 1.57 bits per heavy atom. The summed E-state index contributed by atoms with van der Waals surface area (Å²) in [6, 6.07) is 2.03. The van der Waals surface area contributed by atoms with E-state index in [9.17, 15) is 0 Å². The van der Waals surface area contributed by atoms with Gasteiger partial charge in [0.2, 0.25) is 0 Å². The fourth-order valence-corrected chi connectivity index (χ4v) is 0.221. The third kappa shape index (κ3) is 3.07. The molecule has 0 rings (SSSR count). The monoisotopic (exact) mass is 225 g/mol. The van der Waals surface area contributed by atoms with Crippen molar-refractivity contribution in [2.75, 3.05) is 0 Å². The summed E-state index contributed by atoms with van der Waals surface area (Å²) >= 11 is 6.36. The lowest BCUT2D eigenvalue weighted by Gasteiger charge is -1.98. The van der Waals surface area contributed by atoms with Crippen LogP contribution in [-0.4, -0.2) is 9.65 Å². The Balaban J connectivity index is 3.40. The van der Waals surface area contributed by atoms with Crippen LogP contribution >= 0.6 is 31.9 Å². The Morgan fingerprint density at radius 2 is 2.00 bits per heavy atom. The summed E-state index contributed by atoms with van der Waals surface area (Å²) in [7, 11) is 0. The van der Waals surface area contributed by atoms with Gasteiger partial charge < -0.3 is 0 Å². The number of halogens is 2. The molecule has 0 unspecified atom stereocenters. The second kappa shape index (κ2) is 3.45. The lowest BCUT2D eigenvalue weighted by molar-refractivity contribution is 1.04. The van der Waals surface area contributed by atoms with Crippen LogP contribution < -0.4 is 0 Å². The van der Waals surface area contributed by atoms with Gasteiger partial charge in [0, 0.05) is 4.83 Å². The number of nitriles is 1. The first-order chi connectivity index (χ1) is 3.18. The molecule has 0 aliphatic carbocycles. The van der Waals surface area contributed by atoms with Gasteiger partial charge >= 0.3 is 0 Å². The van der Waals surface area contributed by atoms with Crippen LogP contribution in [0.2, 0.25) is 0 Å². The molecule has 0 bridgehead atoms. The summed E-state index contributed by atoms with van der Waals surface area (Å²) in [5, 5.41) is 8.18. The summed E-state index contributed by atoms with van der Waals surface area (Å²) in [5.41, 5.74) is 0. The average molecular weight is 227 g/mol. The molecule has 0 aromatic rings. The third-order valence-electron chi connectivity index (χ3n) is 0.527. The Labute approximate surface area is 60.0 Å². The van der Waals surface area contributed by atoms with E-state index < -0.39 is 0 Å². The van der Waals surface area contributed by atoms with Gasteiger partial charge in [-0.25, -0.2) is 0 Å². The first-order valence-corrected chi connectivity index (χ1v) is 3.69. The summed E-state index contributed by atoms with van der Waals surface area (Å²) in [4.78, 5) is 0.171. The van der Waals surface area contributed by atoms with Gasteiger partial charge in [0.15, 0.2) is 0 Å². The van der Waals surface area contributed by atoms with Crippen molar-refractivity contribution in [1.29, 1.82) is 5.26 Å². The van der Waals surface area contributed by atoms with E-state index in [2.05, 4.69) is 31.9 Å². The summed E-state index contributed by atoms with van der Waals surface area (Å²) in [6.07, 6.45) is 0. The van der Waals surface area contributed by atoms with Crippen molar-refractivity contribution >= 4 is 31.9 Å². The molecular formula is C4H5Br2N. The van der Waals surface area contributed by atoms with Gasteiger partial charge in [-0.2, -0.15) is 5.26 Å². The molecule has 0 radical (unpaired) electrons. The van der Waals surface area contributed by atoms with E-state index >= 15 is 0 Å². The maximum Gasteiger partial charge on any atom is 0.114 e. The predicted octanol–water partition coefficient (Wildman–Crippen LogP) is 2.06. The first-order valence-electron chi connectivity index (χ1n) is 1.86. The van der Waals surface area contributed by atoms with Crippen LogP contribution in [0.3, 0.4) is 0 Å². The van der Waals surface area contributed by atoms with Gasteiger partial charge in [0.1, 0.15) is 4.83 Å². The zero-order valence-electron chi connectivity index (χ0n) is 3.86. The van der Waals surface area contributed by atoms with E-state index in [1.54, 1.807) is 0 Å². The highest BCUT2D eigenvalue weighted by molar-refractivity contribution is 9.12. The number of rotatable bonds is 1. The largest absolute Gasteiger partial charge is 0.197 e. The summed E-state index contributed by atoms with van der Waals surface area (Å²) < 4.78 is 0. The molecule has 0 spiro atoms. The van der Waals surface area contributed by atoms with E-state index in [1.807, 2.05) is 13.0 Å². The minimum absolute atomic E-state index is 0.0625. The molecule has 0 fully saturated rings. The fourth-order valence-electron chi connectivity index (χ4n) is 0.103. The zero-order valence-corrected chi connectivity index (χ0v) is 7.03. The molecule has 0 aliphatic heterocycles. The van der Waals surface area contributed by atoms with Crippen LogP contribution in [0, 0.1) is 11.3 Å². The fraction of sp³-hybridized carbons (Fsp3) is 0.750. The Bertz CT molecular complexity index is 84.2. The van der Waals surface area contributed by atoms with E-state index in [1.165, 1.54) is 0 Å². The Morgan fingerprint density at radius 3 is 2.00 bits per heavy atom. The maximum absolute atomic E-state index is 8.18. The molecule has 0 heterocycles. The van der Waals surface area contributed by atoms with Crippen LogP contribution in [0.1, 0.15) is 6.92 Å². The minimum Gasteiger partial charge on any atom is -0.197 e. The minimum atomic E-state index is -0.0625. The van der Waals surface area contributed by atoms with Crippen molar-refractivity contribution in [3.05, 3.63) is 0 Å². The number of hydrogen-bond donors (Lipinski definition) is 0. The average Bonchev–Trinajstić information content (AvgIpc) is 1.65. The smallest absolute Gasteiger partial charge is 0.114 e. The van der Waals surface area contributed by atoms with Gasteiger partial charge in [0.05, 0.1) is 6.07 Å². The number of alkyl halides is 2. The van der Waals surface area contributed by atoms with E-state index in [-0.39, 0.29) is 9.65 Å². The van der Waals surface area contributed by atoms with Crippen molar-refractivity contribution in [2.45, 2.75) is 16.6 Å². The van der Waals surface area contributed by atoms with Crippen LogP contribution in [0.25, 0.3) is 0 Å². The molecule has 40 valence electrons. The predicted molar refractivity (Wildman–Crippen MR) is 36.7 cm³/mol. The van der Waals surface area contributed by atoms with Gasteiger partial charge in [-0.15, -0.1) is 0 Å². The molecule has 2 atom stereocenters.